The molecular weight excluding hydrogens is 292 g/mol. The van der Waals surface area contributed by atoms with Gasteiger partial charge in [-0.05, 0) is 44.2 Å². The summed E-state index contributed by atoms with van der Waals surface area (Å²) in [6.07, 6.45) is 1.48. The molecule has 0 bridgehead atoms. The molecule has 1 heterocycles. The standard InChI is InChI=1S/C14H21BrN2O/c1-10(16-2)13-8-11(15)4-5-14(13)17-7-6-12(9-17)18-3/h4-5,8,10,12,16H,6-7,9H2,1-3H3. The van der Waals surface area contributed by atoms with Crippen molar-refractivity contribution in [2.75, 3.05) is 32.1 Å². The summed E-state index contributed by atoms with van der Waals surface area (Å²) in [5, 5.41) is 3.32. The monoisotopic (exact) mass is 312 g/mol. The second-order valence-corrected chi connectivity index (χ2v) is 5.72. The number of halogens is 1. The minimum atomic E-state index is 0.346. The number of hydrogen-bond donors (Lipinski definition) is 1. The van der Waals surface area contributed by atoms with E-state index < -0.39 is 0 Å². The average Bonchev–Trinajstić information content (AvgIpc) is 2.86. The number of anilines is 1. The summed E-state index contributed by atoms with van der Waals surface area (Å²) >= 11 is 3.56. The van der Waals surface area contributed by atoms with Crippen molar-refractivity contribution in [1.29, 1.82) is 0 Å². The summed E-state index contributed by atoms with van der Waals surface area (Å²) in [4.78, 5) is 2.42. The molecule has 100 valence electrons. The summed E-state index contributed by atoms with van der Waals surface area (Å²) in [6.45, 7) is 4.25. The molecule has 1 aromatic rings. The normalized spacial score (nSPS) is 21.3. The summed E-state index contributed by atoms with van der Waals surface area (Å²) in [6, 6.07) is 6.86. The third-order valence-corrected chi connectivity index (χ3v) is 4.20. The lowest BCUT2D eigenvalue weighted by Gasteiger charge is -2.25. The lowest BCUT2D eigenvalue weighted by Crippen LogP contribution is -2.25. The summed E-state index contributed by atoms with van der Waals surface area (Å²) < 4.78 is 6.58. The zero-order chi connectivity index (χ0) is 13.1. The van der Waals surface area contributed by atoms with Gasteiger partial charge >= 0.3 is 0 Å². The van der Waals surface area contributed by atoms with E-state index in [0.29, 0.717) is 12.1 Å². The van der Waals surface area contributed by atoms with Crippen LogP contribution >= 0.6 is 15.9 Å². The van der Waals surface area contributed by atoms with Crippen LogP contribution < -0.4 is 10.2 Å². The van der Waals surface area contributed by atoms with Gasteiger partial charge in [-0.3, -0.25) is 0 Å². The molecule has 4 heteroatoms. The van der Waals surface area contributed by atoms with Crippen molar-refractivity contribution in [3.8, 4) is 0 Å². The topological polar surface area (TPSA) is 24.5 Å². The zero-order valence-corrected chi connectivity index (χ0v) is 12.8. The van der Waals surface area contributed by atoms with Crippen molar-refractivity contribution in [1.82, 2.24) is 5.32 Å². The van der Waals surface area contributed by atoms with Crippen LogP contribution in [-0.2, 0) is 4.74 Å². The highest BCUT2D eigenvalue weighted by molar-refractivity contribution is 9.10. The Bertz CT molecular complexity index is 411. The molecule has 2 atom stereocenters. The Balaban J connectivity index is 2.27. The maximum absolute atomic E-state index is 5.45. The number of rotatable bonds is 4. The molecule has 0 aromatic heterocycles. The van der Waals surface area contributed by atoms with Crippen molar-refractivity contribution in [3.63, 3.8) is 0 Å². The molecule has 0 amide bonds. The predicted octanol–water partition coefficient (Wildman–Crippen LogP) is 2.95. The van der Waals surface area contributed by atoms with Crippen LogP contribution in [0.1, 0.15) is 24.9 Å². The Morgan fingerprint density at radius 2 is 2.28 bits per heavy atom. The largest absolute Gasteiger partial charge is 0.380 e. The molecule has 1 N–H and O–H groups in total. The second kappa shape index (κ2) is 6.04. The van der Waals surface area contributed by atoms with Crippen molar-refractivity contribution in [2.24, 2.45) is 0 Å². The number of ether oxygens (including phenoxy) is 1. The van der Waals surface area contributed by atoms with Crippen LogP contribution in [0, 0.1) is 0 Å². The molecule has 2 rings (SSSR count). The van der Waals surface area contributed by atoms with Crippen molar-refractivity contribution >= 4 is 21.6 Å². The van der Waals surface area contributed by atoms with Crippen LogP contribution in [0.4, 0.5) is 5.69 Å². The number of nitrogens with one attached hydrogen (secondary N) is 1. The van der Waals surface area contributed by atoms with E-state index in [1.807, 2.05) is 7.05 Å². The molecular formula is C14H21BrN2O. The smallest absolute Gasteiger partial charge is 0.0762 e. The maximum Gasteiger partial charge on any atom is 0.0762 e. The van der Waals surface area contributed by atoms with E-state index in [4.69, 9.17) is 4.74 Å². The van der Waals surface area contributed by atoms with E-state index in [2.05, 4.69) is 51.3 Å². The van der Waals surface area contributed by atoms with Gasteiger partial charge in [-0.2, -0.15) is 0 Å². The van der Waals surface area contributed by atoms with Gasteiger partial charge in [0.05, 0.1) is 6.10 Å². The summed E-state index contributed by atoms with van der Waals surface area (Å²) in [7, 11) is 3.80. The van der Waals surface area contributed by atoms with E-state index >= 15 is 0 Å². The molecule has 1 fully saturated rings. The third kappa shape index (κ3) is 2.87. The van der Waals surface area contributed by atoms with Gasteiger partial charge in [-0.15, -0.1) is 0 Å². The summed E-state index contributed by atoms with van der Waals surface area (Å²) in [5.41, 5.74) is 2.66. The van der Waals surface area contributed by atoms with Crippen LogP contribution in [0.3, 0.4) is 0 Å². The van der Waals surface area contributed by atoms with Gasteiger partial charge in [0, 0.05) is 36.4 Å². The molecule has 0 radical (unpaired) electrons. The fraction of sp³-hybridized carbons (Fsp3) is 0.571. The molecule has 2 unspecified atom stereocenters. The van der Waals surface area contributed by atoms with Crippen molar-refractivity contribution < 1.29 is 4.74 Å². The zero-order valence-electron chi connectivity index (χ0n) is 11.2. The second-order valence-electron chi connectivity index (χ2n) is 4.81. The number of methoxy groups -OCH3 is 1. The van der Waals surface area contributed by atoms with Crippen molar-refractivity contribution in [2.45, 2.75) is 25.5 Å². The van der Waals surface area contributed by atoms with E-state index in [1.54, 1.807) is 7.11 Å². The first-order valence-corrected chi connectivity index (χ1v) is 7.19. The first-order valence-electron chi connectivity index (χ1n) is 6.40. The number of hydrogen-bond acceptors (Lipinski definition) is 3. The molecule has 1 saturated heterocycles. The minimum absolute atomic E-state index is 0.346. The van der Waals surface area contributed by atoms with Crippen LogP contribution in [0.5, 0.6) is 0 Å². The molecule has 0 spiro atoms. The first kappa shape index (κ1) is 13.8. The lowest BCUT2D eigenvalue weighted by atomic mass is 10.1. The molecule has 1 aliphatic heterocycles. The molecule has 0 saturated carbocycles. The highest BCUT2D eigenvalue weighted by Gasteiger charge is 2.24. The van der Waals surface area contributed by atoms with Gasteiger partial charge in [0.25, 0.3) is 0 Å². The molecule has 18 heavy (non-hydrogen) atoms. The quantitative estimate of drug-likeness (QED) is 0.925. The lowest BCUT2D eigenvalue weighted by molar-refractivity contribution is 0.121. The predicted molar refractivity (Wildman–Crippen MR) is 79.2 cm³/mol. The molecule has 0 aliphatic carbocycles. The van der Waals surface area contributed by atoms with Gasteiger partial charge in [-0.25, -0.2) is 0 Å². The average molecular weight is 313 g/mol. The number of nitrogens with zero attached hydrogens (tertiary/aromatic N) is 1. The van der Waals surface area contributed by atoms with Crippen LogP contribution in [0.15, 0.2) is 22.7 Å². The highest BCUT2D eigenvalue weighted by Crippen LogP contribution is 2.31. The fourth-order valence-corrected chi connectivity index (χ4v) is 2.83. The Labute approximate surface area is 118 Å². The molecule has 3 nitrogen and oxygen atoms in total. The fourth-order valence-electron chi connectivity index (χ4n) is 2.46. The van der Waals surface area contributed by atoms with Gasteiger partial charge in [0.2, 0.25) is 0 Å². The summed E-state index contributed by atoms with van der Waals surface area (Å²) in [5.74, 6) is 0. The Kier molecular flexibility index (Phi) is 4.65. The van der Waals surface area contributed by atoms with Crippen molar-refractivity contribution in [3.05, 3.63) is 28.2 Å². The molecule has 1 aliphatic rings. The van der Waals surface area contributed by atoms with E-state index in [1.165, 1.54) is 11.3 Å². The Morgan fingerprint density at radius 3 is 2.89 bits per heavy atom. The van der Waals surface area contributed by atoms with E-state index in [0.717, 1.165) is 24.0 Å². The maximum atomic E-state index is 5.45. The van der Waals surface area contributed by atoms with E-state index in [9.17, 15) is 0 Å². The number of benzene rings is 1. The minimum Gasteiger partial charge on any atom is -0.380 e. The third-order valence-electron chi connectivity index (χ3n) is 3.71. The molecule has 1 aromatic carbocycles. The van der Waals surface area contributed by atoms with Gasteiger partial charge in [0.15, 0.2) is 0 Å². The van der Waals surface area contributed by atoms with E-state index in [-0.39, 0.29) is 0 Å². The van der Waals surface area contributed by atoms with Gasteiger partial charge < -0.3 is 15.0 Å². The van der Waals surface area contributed by atoms with Crippen LogP contribution in [-0.4, -0.2) is 33.4 Å². The highest BCUT2D eigenvalue weighted by atomic mass is 79.9. The van der Waals surface area contributed by atoms with Crippen LogP contribution in [0.25, 0.3) is 0 Å². The Hall–Kier alpha value is -0.580. The SMILES string of the molecule is CNC(C)c1cc(Br)ccc1N1CCC(OC)C1. The van der Waals surface area contributed by atoms with Gasteiger partial charge in [0.1, 0.15) is 0 Å². The van der Waals surface area contributed by atoms with Gasteiger partial charge in [-0.1, -0.05) is 15.9 Å². The first-order chi connectivity index (χ1) is 8.65. The van der Waals surface area contributed by atoms with Crippen LogP contribution in [0.2, 0.25) is 0 Å². The Morgan fingerprint density at radius 1 is 1.50 bits per heavy atom.